The minimum atomic E-state index is -0.170. The van der Waals surface area contributed by atoms with Crippen molar-refractivity contribution in [3.63, 3.8) is 0 Å². The van der Waals surface area contributed by atoms with Crippen LogP contribution in [0.2, 0.25) is 0 Å². The van der Waals surface area contributed by atoms with Crippen LogP contribution in [0, 0.1) is 5.92 Å². The van der Waals surface area contributed by atoms with E-state index in [1.165, 1.54) is 0 Å². The molecule has 28 heavy (non-hydrogen) atoms. The Morgan fingerprint density at radius 1 is 1.21 bits per heavy atom. The van der Waals surface area contributed by atoms with Crippen molar-refractivity contribution >= 4 is 17.5 Å². The van der Waals surface area contributed by atoms with Gasteiger partial charge in [-0.1, -0.05) is 13.3 Å². The zero-order valence-corrected chi connectivity index (χ0v) is 16.4. The number of aromatic nitrogens is 2. The van der Waals surface area contributed by atoms with Crippen molar-refractivity contribution in [3.05, 3.63) is 42.9 Å². The van der Waals surface area contributed by atoms with Crippen LogP contribution in [0.5, 0.6) is 5.75 Å². The SMILES string of the molecule is CCCCOc1ccc(NC(=O)NCC2CCN(c3cnccn3)CC2)cc1. The fraction of sp³-hybridized carbons (Fsp3) is 0.476. The van der Waals surface area contributed by atoms with E-state index in [1.54, 1.807) is 18.6 Å². The third-order valence-corrected chi connectivity index (χ3v) is 4.92. The summed E-state index contributed by atoms with van der Waals surface area (Å²) in [5, 5.41) is 5.86. The highest BCUT2D eigenvalue weighted by atomic mass is 16.5. The molecule has 150 valence electrons. The summed E-state index contributed by atoms with van der Waals surface area (Å²) >= 11 is 0. The van der Waals surface area contributed by atoms with E-state index in [1.807, 2.05) is 24.3 Å². The van der Waals surface area contributed by atoms with Crippen molar-refractivity contribution in [1.29, 1.82) is 0 Å². The fourth-order valence-electron chi connectivity index (χ4n) is 3.20. The predicted molar refractivity (Wildman–Crippen MR) is 111 cm³/mol. The number of amides is 2. The van der Waals surface area contributed by atoms with Crippen molar-refractivity contribution in [3.8, 4) is 5.75 Å². The standard InChI is InChI=1S/C21H29N5O2/c1-2-3-14-28-19-6-4-18(5-7-19)25-21(27)24-15-17-8-12-26(13-9-17)20-16-22-10-11-23-20/h4-7,10-11,16-17H,2-3,8-9,12-15H2,1H3,(H2,24,25,27). The van der Waals surface area contributed by atoms with Gasteiger partial charge in [0.2, 0.25) is 0 Å². The quantitative estimate of drug-likeness (QED) is 0.680. The molecule has 0 bridgehead atoms. The van der Waals surface area contributed by atoms with E-state index < -0.39 is 0 Å². The molecule has 1 aliphatic rings. The molecule has 0 saturated carbocycles. The van der Waals surface area contributed by atoms with Crippen LogP contribution in [-0.2, 0) is 0 Å². The number of anilines is 2. The molecule has 1 saturated heterocycles. The van der Waals surface area contributed by atoms with E-state index in [-0.39, 0.29) is 6.03 Å². The number of rotatable bonds is 8. The maximum Gasteiger partial charge on any atom is 0.319 e. The maximum atomic E-state index is 12.2. The van der Waals surface area contributed by atoms with Gasteiger partial charge >= 0.3 is 6.03 Å². The highest BCUT2D eigenvalue weighted by Crippen LogP contribution is 2.20. The lowest BCUT2D eigenvalue weighted by Crippen LogP contribution is -2.40. The van der Waals surface area contributed by atoms with Crippen LogP contribution in [-0.4, -0.2) is 42.2 Å². The number of ether oxygens (including phenoxy) is 1. The number of unbranched alkanes of at least 4 members (excludes halogenated alkanes) is 1. The predicted octanol–water partition coefficient (Wildman–Crippen LogP) is 3.69. The summed E-state index contributed by atoms with van der Waals surface area (Å²) in [6.45, 7) is 5.41. The molecule has 1 aromatic heterocycles. The Morgan fingerprint density at radius 2 is 2.00 bits per heavy atom. The van der Waals surface area contributed by atoms with E-state index in [0.717, 1.165) is 62.6 Å². The molecule has 2 aromatic rings. The number of nitrogens with zero attached hydrogens (tertiary/aromatic N) is 3. The van der Waals surface area contributed by atoms with Crippen molar-refractivity contribution < 1.29 is 9.53 Å². The van der Waals surface area contributed by atoms with Crippen LogP contribution >= 0.6 is 0 Å². The summed E-state index contributed by atoms with van der Waals surface area (Å²) in [7, 11) is 0. The van der Waals surface area contributed by atoms with Crippen molar-refractivity contribution in [1.82, 2.24) is 15.3 Å². The second kappa shape index (κ2) is 10.5. The molecule has 0 radical (unpaired) electrons. The molecule has 1 aliphatic heterocycles. The van der Waals surface area contributed by atoms with Crippen LogP contribution in [0.15, 0.2) is 42.9 Å². The van der Waals surface area contributed by atoms with E-state index >= 15 is 0 Å². The summed E-state index contributed by atoms with van der Waals surface area (Å²) in [6.07, 6.45) is 9.41. The lowest BCUT2D eigenvalue weighted by Gasteiger charge is -2.32. The number of urea groups is 1. The Balaban J connectivity index is 1.35. The minimum Gasteiger partial charge on any atom is -0.494 e. The zero-order valence-electron chi connectivity index (χ0n) is 16.4. The second-order valence-corrected chi connectivity index (χ2v) is 7.06. The molecule has 2 N–H and O–H groups in total. The van der Waals surface area contributed by atoms with Crippen LogP contribution in [0.3, 0.4) is 0 Å². The first-order valence-corrected chi connectivity index (χ1v) is 10.0. The topological polar surface area (TPSA) is 79.4 Å². The summed E-state index contributed by atoms with van der Waals surface area (Å²) < 4.78 is 5.63. The van der Waals surface area contributed by atoms with Gasteiger partial charge in [0.1, 0.15) is 11.6 Å². The third-order valence-electron chi connectivity index (χ3n) is 4.92. The van der Waals surface area contributed by atoms with Crippen LogP contribution in [0.25, 0.3) is 0 Å². The van der Waals surface area contributed by atoms with E-state index in [0.29, 0.717) is 12.5 Å². The zero-order chi connectivity index (χ0) is 19.6. The smallest absolute Gasteiger partial charge is 0.319 e. The Bertz CT molecular complexity index is 715. The van der Waals surface area contributed by atoms with E-state index in [2.05, 4.69) is 32.4 Å². The second-order valence-electron chi connectivity index (χ2n) is 7.06. The third kappa shape index (κ3) is 6.11. The van der Waals surface area contributed by atoms with Gasteiger partial charge in [-0.2, -0.15) is 0 Å². The first-order valence-electron chi connectivity index (χ1n) is 10.0. The summed E-state index contributed by atoms with van der Waals surface area (Å²) in [6, 6.07) is 7.32. The number of hydrogen-bond acceptors (Lipinski definition) is 5. The summed E-state index contributed by atoms with van der Waals surface area (Å²) in [5.41, 5.74) is 0.762. The van der Waals surface area contributed by atoms with Crippen molar-refractivity contribution in [2.45, 2.75) is 32.6 Å². The monoisotopic (exact) mass is 383 g/mol. The van der Waals surface area contributed by atoms with Crippen LogP contribution < -0.4 is 20.3 Å². The van der Waals surface area contributed by atoms with Gasteiger partial charge in [-0.25, -0.2) is 9.78 Å². The molecule has 2 heterocycles. The van der Waals surface area contributed by atoms with Gasteiger partial charge in [0.15, 0.2) is 0 Å². The Hall–Kier alpha value is -2.83. The maximum absolute atomic E-state index is 12.2. The van der Waals surface area contributed by atoms with Gasteiger partial charge in [-0.15, -0.1) is 0 Å². The normalized spacial score (nSPS) is 14.5. The Kier molecular flexibility index (Phi) is 7.46. The average Bonchev–Trinajstić information content (AvgIpc) is 2.75. The Morgan fingerprint density at radius 3 is 2.68 bits per heavy atom. The molecule has 1 aromatic carbocycles. The largest absolute Gasteiger partial charge is 0.494 e. The molecule has 7 nitrogen and oxygen atoms in total. The number of benzene rings is 1. The van der Waals surface area contributed by atoms with Gasteiger partial charge in [0, 0.05) is 37.7 Å². The number of nitrogens with one attached hydrogen (secondary N) is 2. The van der Waals surface area contributed by atoms with Gasteiger partial charge in [0.25, 0.3) is 0 Å². The molecule has 0 aliphatic carbocycles. The average molecular weight is 383 g/mol. The molecule has 3 rings (SSSR count). The van der Waals surface area contributed by atoms with Crippen molar-refractivity contribution in [2.75, 3.05) is 36.5 Å². The number of piperidine rings is 1. The van der Waals surface area contributed by atoms with Gasteiger partial charge in [-0.05, 0) is 49.4 Å². The highest BCUT2D eigenvalue weighted by molar-refractivity contribution is 5.89. The fourth-order valence-corrected chi connectivity index (χ4v) is 3.20. The Labute approximate surface area is 166 Å². The molecule has 2 amide bonds. The lowest BCUT2D eigenvalue weighted by atomic mass is 9.97. The lowest BCUT2D eigenvalue weighted by molar-refractivity contribution is 0.248. The molecular formula is C21H29N5O2. The molecule has 0 unspecified atom stereocenters. The van der Waals surface area contributed by atoms with Gasteiger partial charge in [0.05, 0.1) is 12.8 Å². The highest BCUT2D eigenvalue weighted by Gasteiger charge is 2.20. The van der Waals surface area contributed by atoms with Gasteiger partial charge in [-0.3, -0.25) is 4.98 Å². The van der Waals surface area contributed by atoms with E-state index in [4.69, 9.17) is 4.74 Å². The number of carbonyl (C=O) groups excluding carboxylic acids is 1. The molecule has 0 spiro atoms. The first kappa shape index (κ1) is 19.9. The van der Waals surface area contributed by atoms with E-state index in [9.17, 15) is 4.79 Å². The minimum absolute atomic E-state index is 0.170. The van der Waals surface area contributed by atoms with Crippen LogP contribution in [0.1, 0.15) is 32.6 Å². The molecule has 0 atom stereocenters. The summed E-state index contributed by atoms with van der Waals surface area (Å²) in [4.78, 5) is 22.9. The van der Waals surface area contributed by atoms with Crippen LogP contribution in [0.4, 0.5) is 16.3 Å². The van der Waals surface area contributed by atoms with Gasteiger partial charge < -0.3 is 20.3 Å². The number of carbonyl (C=O) groups is 1. The van der Waals surface area contributed by atoms with Crippen molar-refractivity contribution in [2.24, 2.45) is 5.92 Å². The molecule has 1 fully saturated rings. The summed E-state index contributed by atoms with van der Waals surface area (Å²) in [5.74, 6) is 2.23. The number of hydrogen-bond donors (Lipinski definition) is 2. The molecule has 7 heteroatoms. The first-order chi connectivity index (χ1) is 13.7. The molecular weight excluding hydrogens is 354 g/mol.